The van der Waals surface area contributed by atoms with Gasteiger partial charge in [0.05, 0.1) is 6.61 Å². The van der Waals surface area contributed by atoms with Gasteiger partial charge in [-0.1, -0.05) is 29.8 Å². The quantitative estimate of drug-likeness (QED) is 0.515. The van der Waals surface area contributed by atoms with Crippen molar-refractivity contribution in [2.45, 2.75) is 41.2 Å². The number of nitrogens with one attached hydrogen (secondary N) is 1. The van der Waals surface area contributed by atoms with Crippen molar-refractivity contribution in [3.05, 3.63) is 88.0 Å². The van der Waals surface area contributed by atoms with Crippen molar-refractivity contribution in [3.8, 4) is 11.5 Å². The number of hydrogen-bond donors (Lipinski definition) is 1. The average molecular weight is 404 g/mol. The van der Waals surface area contributed by atoms with E-state index < -0.39 is 0 Å². The van der Waals surface area contributed by atoms with Crippen molar-refractivity contribution in [1.82, 2.24) is 0 Å². The molecule has 0 aliphatic rings. The Morgan fingerprint density at radius 1 is 0.867 bits per heavy atom. The van der Waals surface area contributed by atoms with Gasteiger partial charge >= 0.3 is 0 Å². The molecule has 0 aliphatic carbocycles. The van der Waals surface area contributed by atoms with Crippen LogP contribution in [0.2, 0.25) is 0 Å². The zero-order valence-corrected chi connectivity index (χ0v) is 18.3. The fourth-order valence-electron chi connectivity index (χ4n) is 3.56. The molecule has 3 aromatic rings. The molecule has 4 heteroatoms. The maximum atomic E-state index is 13.0. The molecule has 1 amide bonds. The third kappa shape index (κ3) is 5.20. The van der Waals surface area contributed by atoms with E-state index in [1.807, 2.05) is 64.1 Å². The second-order valence-electron chi connectivity index (χ2n) is 7.59. The Labute approximate surface area is 178 Å². The number of anilines is 1. The molecule has 0 saturated carbocycles. The smallest absolute Gasteiger partial charge is 0.255 e. The van der Waals surface area contributed by atoms with E-state index in [1.165, 1.54) is 5.56 Å². The summed E-state index contributed by atoms with van der Waals surface area (Å²) in [4.78, 5) is 13.0. The van der Waals surface area contributed by atoms with E-state index in [-0.39, 0.29) is 5.91 Å². The van der Waals surface area contributed by atoms with Gasteiger partial charge in [0.1, 0.15) is 18.1 Å². The predicted molar refractivity (Wildman–Crippen MR) is 122 cm³/mol. The third-order valence-electron chi connectivity index (χ3n) is 4.92. The molecule has 0 heterocycles. The largest absolute Gasteiger partial charge is 0.493 e. The van der Waals surface area contributed by atoms with Crippen LogP contribution in [-0.4, -0.2) is 12.5 Å². The van der Waals surface area contributed by atoms with E-state index in [9.17, 15) is 4.79 Å². The van der Waals surface area contributed by atoms with Gasteiger partial charge in [-0.05, 0) is 81.6 Å². The normalized spacial score (nSPS) is 10.6. The van der Waals surface area contributed by atoms with Gasteiger partial charge in [-0.15, -0.1) is 0 Å². The number of carbonyl (C=O) groups is 1. The topological polar surface area (TPSA) is 47.6 Å². The summed E-state index contributed by atoms with van der Waals surface area (Å²) in [6.07, 6.45) is 0. The SMILES string of the molecule is CCOc1ccc(C(=O)Nc2c(C)cc(C)cc2C)cc1COc1cccc(C)c1. The first-order valence-corrected chi connectivity index (χ1v) is 10.2. The molecule has 30 heavy (non-hydrogen) atoms. The van der Waals surface area contributed by atoms with Gasteiger partial charge in [-0.3, -0.25) is 4.79 Å². The van der Waals surface area contributed by atoms with Crippen LogP contribution in [0.1, 0.15) is 45.1 Å². The lowest BCUT2D eigenvalue weighted by molar-refractivity contribution is 0.102. The Bertz CT molecular complexity index is 1030. The highest BCUT2D eigenvalue weighted by atomic mass is 16.5. The lowest BCUT2D eigenvalue weighted by Gasteiger charge is -2.15. The van der Waals surface area contributed by atoms with Gasteiger partial charge in [-0.2, -0.15) is 0 Å². The van der Waals surface area contributed by atoms with Gasteiger partial charge < -0.3 is 14.8 Å². The first-order valence-electron chi connectivity index (χ1n) is 10.2. The molecule has 0 bridgehead atoms. The van der Waals surface area contributed by atoms with Crippen molar-refractivity contribution in [3.63, 3.8) is 0 Å². The molecule has 0 spiro atoms. The maximum Gasteiger partial charge on any atom is 0.255 e. The summed E-state index contributed by atoms with van der Waals surface area (Å²) in [7, 11) is 0. The number of benzene rings is 3. The van der Waals surface area contributed by atoms with Gasteiger partial charge in [0.2, 0.25) is 0 Å². The Morgan fingerprint density at radius 2 is 1.60 bits per heavy atom. The summed E-state index contributed by atoms with van der Waals surface area (Å²) in [5.41, 5.74) is 6.68. The third-order valence-corrected chi connectivity index (χ3v) is 4.92. The van der Waals surface area contributed by atoms with Crippen LogP contribution < -0.4 is 14.8 Å². The highest BCUT2D eigenvalue weighted by Crippen LogP contribution is 2.26. The van der Waals surface area contributed by atoms with E-state index >= 15 is 0 Å². The summed E-state index contributed by atoms with van der Waals surface area (Å²) in [5.74, 6) is 1.37. The van der Waals surface area contributed by atoms with Crippen molar-refractivity contribution >= 4 is 11.6 Å². The molecule has 0 radical (unpaired) electrons. The number of rotatable bonds is 7. The molecule has 3 rings (SSSR count). The van der Waals surface area contributed by atoms with Gasteiger partial charge in [0, 0.05) is 16.8 Å². The molecular weight excluding hydrogens is 374 g/mol. The van der Waals surface area contributed by atoms with Gasteiger partial charge in [0.25, 0.3) is 5.91 Å². The van der Waals surface area contributed by atoms with Crippen LogP contribution in [0.5, 0.6) is 11.5 Å². The zero-order chi connectivity index (χ0) is 21.7. The van der Waals surface area contributed by atoms with Crippen molar-refractivity contribution < 1.29 is 14.3 Å². The van der Waals surface area contributed by atoms with Gasteiger partial charge in [0.15, 0.2) is 0 Å². The second kappa shape index (κ2) is 9.49. The Morgan fingerprint density at radius 3 is 2.27 bits per heavy atom. The zero-order valence-electron chi connectivity index (χ0n) is 18.3. The summed E-state index contributed by atoms with van der Waals surface area (Å²) in [5, 5.41) is 3.06. The number of ether oxygens (including phenoxy) is 2. The number of carbonyl (C=O) groups excluding carboxylic acids is 1. The fourth-order valence-corrected chi connectivity index (χ4v) is 3.56. The number of amides is 1. The fraction of sp³-hybridized carbons (Fsp3) is 0.269. The first-order chi connectivity index (χ1) is 14.4. The van der Waals surface area contributed by atoms with E-state index in [2.05, 4.69) is 24.4 Å². The Balaban J connectivity index is 1.83. The molecule has 4 nitrogen and oxygen atoms in total. The van der Waals surface area contributed by atoms with Crippen LogP contribution in [0.15, 0.2) is 54.6 Å². The second-order valence-corrected chi connectivity index (χ2v) is 7.59. The molecule has 0 aromatic heterocycles. The van der Waals surface area contributed by atoms with Crippen LogP contribution in [0, 0.1) is 27.7 Å². The Kier molecular flexibility index (Phi) is 6.78. The van der Waals surface area contributed by atoms with Crippen LogP contribution in [-0.2, 0) is 6.61 Å². The van der Waals surface area contributed by atoms with E-state index in [0.29, 0.717) is 18.8 Å². The first kappa shape index (κ1) is 21.4. The molecule has 156 valence electrons. The number of aryl methyl sites for hydroxylation is 4. The highest BCUT2D eigenvalue weighted by Gasteiger charge is 2.14. The molecule has 0 atom stereocenters. The molecule has 3 aromatic carbocycles. The Hall–Kier alpha value is -3.27. The molecule has 1 N–H and O–H groups in total. The molecule has 0 unspecified atom stereocenters. The predicted octanol–water partition coefficient (Wildman–Crippen LogP) is 6.15. The van der Waals surface area contributed by atoms with Gasteiger partial charge in [-0.25, -0.2) is 0 Å². The summed E-state index contributed by atoms with van der Waals surface area (Å²) in [6.45, 7) is 10.9. The van der Waals surface area contributed by atoms with E-state index in [0.717, 1.165) is 39.4 Å². The van der Waals surface area contributed by atoms with Crippen molar-refractivity contribution in [2.24, 2.45) is 0 Å². The highest BCUT2D eigenvalue weighted by molar-refractivity contribution is 6.05. The lowest BCUT2D eigenvalue weighted by atomic mass is 10.0. The van der Waals surface area contributed by atoms with Crippen LogP contribution in [0.3, 0.4) is 0 Å². The minimum atomic E-state index is -0.148. The average Bonchev–Trinajstić information content (AvgIpc) is 2.70. The summed E-state index contributed by atoms with van der Waals surface area (Å²) in [6, 6.07) is 17.5. The summed E-state index contributed by atoms with van der Waals surface area (Å²) >= 11 is 0. The minimum Gasteiger partial charge on any atom is -0.493 e. The summed E-state index contributed by atoms with van der Waals surface area (Å²) < 4.78 is 11.7. The standard InChI is InChI=1S/C26H29NO3/c1-6-29-24-11-10-21(15-22(24)16-30-23-9-7-8-17(2)14-23)26(28)27-25-19(4)12-18(3)13-20(25)5/h7-15H,6,16H2,1-5H3,(H,27,28). The molecular formula is C26H29NO3. The maximum absolute atomic E-state index is 13.0. The van der Waals surface area contributed by atoms with E-state index in [1.54, 1.807) is 6.07 Å². The number of hydrogen-bond acceptors (Lipinski definition) is 3. The minimum absolute atomic E-state index is 0.148. The monoisotopic (exact) mass is 403 g/mol. The van der Waals surface area contributed by atoms with Crippen LogP contribution in [0.25, 0.3) is 0 Å². The van der Waals surface area contributed by atoms with Crippen LogP contribution >= 0.6 is 0 Å². The molecule has 0 aliphatic heterocycles. The van der Waals surface area contributed by atoms with E-state index in [4.69, 9.17) is 9.47 Å². The van der Waals surface area contributed by atoms with Crippen molar-refractivity contribution in [2.75, 3.05) is 11.9 Å². The van der Waals surface area contributed by atoms with Crippen LogP contribution in [0.4, 0.5) is 5.69 Å². The lowest BCUT2D eigenvalue weighted by Crippen LogP contribution is -2.15. The van der Waals surface area contributed by atoms with Crippen molar-refractivity contribution in [1.29, 1.82) is 0 Å². The molecule has 0 saturated heterocycles. The molecule has 0 fully saturated rings.